The van der Waals surface area contributed by atoms with Crippen molar-refractivity contribution in [3.8, 4) is 5.88 Å². The molecule has 4 heterocycles. The van der Waals surface area contributed by atoms with Crippen LogP contribution in [0.4, 0.5) is 13.2 Å². The number of carbonyl (C=O) groups excluding carboxylic acids is 1. The molecule has 32 heavy (non-hydrogen) atoms. The molecule has 0 bridgehead atoms. The van der Waals surface area contributed by atoms with Gasteiger partial charge in [-0.1, -0.05) is 6.07 Å². The van der Waals surface area contributed by atoms with Crippen LogP contribution in [0.5, 0.6) is 5.88 Å². The molecule has 0 radical (unpaired) electrons. The van der Waals surface area contributed by atoms with E-state index in [-0.39, 0.29) is 18.1 Å². The molecule has 1 aromatic heterocycles. The zero-order chi connectivity index (χ0) is 23.3. The van der Waals surface area contributed by atoms with Gasteiger partial charge in [0.15, 0.2) is 0 Å². The van der Waals surface area contributed by atoms with Gasteiger partial charge in [0.2, 0.25) is 11.8 Å². The third-order valence-electron chi connectivity index (χ3n) is 5.93. The number of fused-ring (bicyclic) bond motifs is 1. The van der Waals surface area contributed by atoms with Gasteiger partial charge >= 0.3 is 12.1 Å². The first-order valence-corrected chi connectivity index (χ1v) is 10.6. The first kappa shape index (κ1) is 24.2. The Hall–Kier alpha value is -2.40. The molecule has 0 aromatic carbocycles. The molecule has 0 aliphatic carbocycles. The number of aromatic nitrogens is 1. The summed E-state index contributed by atoms with van der Waals surface area (Å²) in [5, 5.41) is 7.12. The van der Waals surface area contributed by atoms with Crippen molar-refractivity contribution in [2.45, 2.75) is 50.6 Å². The molecule has 0 unspecified atom stereocenters. The van der Waals surface area contributed by atoms with E-state index in [9.17, 15) is 18.0 Å². The van der Waals surface area contributed by atoms with Crippen LogP contribution in [0.15, 0.2) is 18.3 Å². The molecular weight excluding hydrogens is 431 g/mol. The van der Waals surface area contributed by atoms with Gasteiger partial charge < -0.3 is 19.5 Å². The molecule has 0 saturated carbocycles. The smallest absolute Gasteiger partial charge is 0.481 e. The van der Waals surface area contributed by atoms with Crippen LogP contribution in [0.25, 0.3) is 0 Å². The number of halogens is 3. The Kier molecular flexibility index (Phi) is 7.94. The highest BCUT2D eigenvalue weighted by Crippen LogP contribution is 2.35. The summed E-state index contributed by atoms with van der Waals surface area (Å²) >= 11 is 0. The second kappa shape index (κ2) is 10.5. The fourth-order valence-electron chi connectivity index (χ4n) is 4.47. The molecular formula is C21H28F3N3O5. The SMILES string of the molecule is COc1ncccc1CN1C[C@@H]2C[C@H](CC(=O)N3CCCC3)O[C@@H]2C1.O=C(O)C(F)(F)F. The lowest BCUT2D eigenvalue weighted by molar-refractivity contribution is -0.192. The van der Waals surface area contributed by atoms with Gasteiger partial charge in [-0.3, -0.25) is 9.69 Å². The van der Waals surface area contributed by atoms with Gasteiger partial charge in [-0.15, -0.1) is 0 Å². The molecule has 8 nitrogen and oxygen atoms in total. The first-order chi connectivity index (χ1) is 15.2. The molecule has 1 N–H and O–H groups in total. The topological polar surface area (TPSA) is 92.2 Å². The van der Waals surface area contributed by atoms with Crippen molar-refractivity contribution in [1.82, 2.24) is 14.8 Å². The number of carboxylic acids is 1. The summed E-state index contributed by atoms with van der Waals surface area (Å²) in [4.78, 5) is 29.9. The standard InChI is InChI=1S/C19H27N3O3.C2HF3O2/c1-24-19-14(5-4-6-20-19)11-21-12-15-9-16(25-17(15)13-21)10-18(23)22-7-2-3-8-22;3-2(4,5)1(6)7/h4-6,15-17H,2-3,7-13H2,1H3;(H,6,7)/t15-,16+,17+;/m0./s1. The minimum atomic E-state index is -5.08. The maximum Gasteiger partial charge on any atom is 0.490 e. The van der Waals surface area contributed by atoms with Crippen LogP contribution in [0.3, 0.4) is 0 Å². The minimum Gasteiger partial charge on any atom is -0.481 e. The number of likely N-dealkylation sites (tertiary alicyclic amines) is 2. The number of rotatable bonds is 5. The van der Waals surface area contributed by atoms with Crippen LogP contribution in [-0.2, 0) is 20.9 Å². The number of hydrogen-bond donors (Lipinski definition) is 1. The monoisotopic (exact) mass is 459 g/mol. The molecule has 178 valence electrons. The van der Waals surface area contributed by atoms with E-state index in [2.05, 4.69) is 16.0 Å². The second-order valence-corrected chi connectivity index (χ2v) is 8.25. The predicted molar refractivity (Wildman–Crippen MR) is 107 cm³/mol. The highest BCUT2D eigenvalue weighted by Gasteiger charge is 2.43. The van der Waals surface area contributed by atoms with Crippen LogP contribution >= 0.6 is 0 Å². The van der Waals surface area contributed by atoms with E-state index < -0.39 is 12.1 Å². The average molecular weight is 459 g/mol. The fraction of sp³-hybridized carbons (Fsp3) is 0.667. The number of carbonyl (C=O) groups is 2. The Labute approximate surface area is 184 Å². The average Bonchev–Trinajstić information content (AvgIpc) is 3.45. The number of nitrogens with zero attached hydrogens (tertiary/aromatic N) is 3. The Morgan fingerprint density at radius 3 is 2.56 bits per heavy atom. The van der Waals surface area contributed by atoms with Crippen LogP contribution in [0.2, 0.25) is 0 Å². The van der Waals surface area contributed by atoms with Gasteiger partial charge in [0.05, 0.1) is 25.7 Å². The van der Waals surface area contributed by atoms with Gasteiger partial charge in [0, 0.05) is 50.4 Å². The Morgan fingerprint density at radius 2 is 1.97 bits per heavy atom. The normalized spacial score (nSPS) is 25.2. The number of aliphatic carboxylic acids is 1. The lowest BCUT2D eigenvalue weighted by Gasteiger charge is -2.21. The van der Waals surface area contributed by atoms with E-state index >= 15 is 0 Å². The Balaban J connectivity index is 0.000000360. The van der Waals surface area contributed by atoms with Crippen molar-refractivity contribution in [2.24, 2.45) is 5.92 Å². The van der Waals surface area contributed by atoms with Gasteiger partial charge in [0.25, 0.3) is 0 Å². The van der Waals surface area contributed by atoms with E-state index in [0.29, 0.717) is 18.2 Å². The van der Waals surface area contributed by atoms with Crippen molar-refractivity contribution in [3.05, 3.63) is 23.9 Å². The van der Waals surface area contributed by atoms with E-state index in [0.717, 1.165) is 57.5 Å². The molecule has 3 aliphatic heterocycles. The molecule has 1 aromatic rings. The summed E-state index contributed by atoms with van der Waals surface area (Å²) < 4.78 is 43.3. The van der Waals surface area contributed by atoms with E-state index in [1.54, 1.807) is 13.3 Å². The molecule has 0 spiro atoms. The lowest BCUT2D eigenvalue weighted by atomic mass is 10.0. The van der Waals surface area contributed by atoms with E-state index in [1.165, 1.54) is 0 Å². The summed E-state index contributed by atoms with van der Waals surface area (Å²) in [6.07, 6.45) is 0.905. The van der Waals surface area contributed by atoms with Gasteiger partial charge in [0.1, 0.15) is 0 Å². The summed E-state index contributed by atoms with van der Waals surface area (Å²) in [5.41, 5.74) is 1.12. The van der Waals surface area contributed by atoms with Crippen molar-refractivity contribution in [1.29, 1.82) is 0 Å². The third kappa shape index (κ3) is 6.32. The van der Waals surface area contributed by atoms with Gasteiger partial charge in [-0.05, 0) is 25.3 Å². The van der Waals surface area contributed by atoms with Crippen LogP contribution < -0.4 is 4.74 Å². The van der Waals surface area contributed by atoms with Gasteiger partial charge in [-0.2, -0.15) is 13.2 Å². The van der Waals surface area contributed by atoms with Crippen molar-refractivity contribution in [3.63, 3.8) is 0 Å². The molecule has 3 atom stereocenters. The molecule has 11 heteroatoms. The zero-order valence-electron chi connectivity index (χ0n) is 17.9. The number of alkyl halides is 3. The zero-order valence-corrected chi connectivity index (χ0v) is 17.9. The maximum absolute atomic E-state index is 12.3. The summed E-state index contributed by atoms with van der Waals surface area (Å²) in [6, 6.07) is 4.02. The maximum atomic E-state index is 12.3. The number of pyridine rings is 1. The predicted octanol–water partition coefficient (Wildman–Crippen LogP) is 2.33. The molecule has 3 fully saturated rings. The van der Waals surface area contributed by atoms with E-state index in [1.807, 2.05) is 11.0 Å². The first-order valence-electron chi connectivity index (χ1n) is 10.6. The Morgan fingerprint density at radius 1 is 1.28 bits per heavy atom. The van der Waals surface area contributed by atoms with Crippen molar-refractivity contribution < 1.29 is 37.3 Å². The van der Waals surface area contributed by atoms with Crippen LogP contribution in [0, 0.1) is 5.92 Å². The summed E-state index contributed by atoms with van der Waals surface area (Å²) in [7, 11) is 1.66. The van der Waals surface area contributed by atoms with Gasteiger partial charge in [-0.25, -0.2) is 9.78 Å². The largest absolute Gasteiger partial charge is 0.490 e. The number of ether oxygens (including phenoxy) is 2. The van der Waals surface area contributed by atoms with Crippen LogP contribution in [0.1, 0.15) is 31.2 Å². The van der Waals surface area contributed by atoms with Crippen molar-refractivity contribution in [2.75, 3.05) is 33.3 Å². The molecule has 1 amide bonds. The second-order valence-electron chi connectivity index (χ2n) is 8.25. The Bertz CT molecular complexity index is 787. The molecule has 3 saturated heterocycles. The third-order valence-corrected chi connectivity index (χ3v) is 5.93. The quantitative estimate of drug-likeness (QED) is 0.723. The fourth-order valence-corrected chi connectivity index (χ4v) is 4.47. The number of methoxy groups -OCH3 is 1. The lowest BCUT2D eigenvalue weighted by Crippen LogP contribution is -2.32. The highest BCUT2D eigenvalue weighted by molar-refractivity contribution is 5.77. The summed E-state index contributed by atoms with van der Waals surface area (Å²) in [6.45, 7) is 4.65. The minimum absolute atomic E-state index is 0.109. The summed E-state index contributed by atoms with van der Waals surface area (Å²) in [5.74, 6) is -1.24. The van der Waals surface area contributed by atoms with Crippen molar-refractivity contribution >= 4 is 11.9 Å². The number of amides is 1. The number of hydrogen-bond acceptors (Lipinski definition) is 6. The molecule has 4 rings (SSSR count). The molecule has 3 aliphatic rings. The van der Waals surface area contributed by atoms with E-state index in [4.69, 9.17) is 19.4 Å². The van der Waals surface area contributed by atoms with Crippen LogP contribution in [-0.4, -0.2) is 83.4 Å². The highest BCUT2D eigenvalue weighted by atomic mass is 19.4. The number of carboxylic acid groups (broad SMARTS) is 1.